The highest BCUT2D eigenvalue weighted by atomic mass is 35.5. The van der Waals surface area contributed by atoms with E-state index in [4.69, 9.17) is 11.6 Å². The Morgan fingerprint density at radius 1 is 1.23 bits per heavy atom. The maximum atomic E-state index is 12.1. The van der Waals surface area contributed by atoms with E-state index in [1.807, 2.05) is 24.3 Å². The number of hydrogen-bond acceptors (Lipinski definition) is 4. The Balaban J connectivity index is 1.73. The quantitative estimate of drug-likeness (QED) is 0.630. The smallest absolute Gasteiger partial charge is 0.282 e. The molecule has 3 rings (SSSR count). The number of carbonyl (C=O) groups excluding carboxylic acids is 2. The van der Waals surface area contributed by atoms with Gasteiger partial charge in [-0.3, -0.25) is 25.5 Å². The van der Waals surface area contributed by atoms with Gasteiger partial charge in [0, 0.05) is 15.8 Å². The van der Waals surface area contributed by atoms with Crippen molar-refractivity contribution >= 4 is 44.8 Å². The van der Waals surface area contributed by atoms with Gasteiger partial charge in [0.2, 0.25) is 0 Å². The lowest BCUT2D eigenvalue weighted by molar-refractivity contribution is 0.0846. The van der Waals surface area contributed by atoms with E-state index in [0.29, 0.717) is 9.90 Å². The first-order chi connectivity index (χ1) is 10.6. The third-order valence-electron chi connectivity index (χ3n) is 2.97. The molecule has 1 aromatic carbocycles. The van der Waals surface area contributed by atoms with E-state index in [1.165, 1.54) is 11.3 Å². The minimum absolute atomic E-state index is 0.195. The van der Waals surface area contributed by atoms with Gasteiger partial charge in [0.25, 0.3) is 11.8 Å². The second-order valence-corrected chi connectivity index (χ2v) is 6.02. The molecule has 0 unspecified atom stereocenters. The van der Waals surface area contributed by atoms with Gasteiger partial charge in [0.05, 0.1) is 5.02 Å². The number of H-pyrrole nitrogens is 1. The lowest BCUT2D eigenvalue weighted by atomic mass is 10.2. The van der Waals surface area contributed by atoms with Crippen molar-refractivity contribution in [1.29, 1.82) is 0 Å². The zero-order chi connectivity index (χ0) is 15.7. The van der Waals surface area contributed by atoms with Crippen LogP contribution >= 0.6 is 22.9 Å². The molecule has 0 aliphatic rings. The summed E-state index contributed by atoms with van der Waals surface area (Å²) >= 11 is 7.47. The van der Waals surface area contributed by atoms with E-state index < -0.39 is 11.8 Å². The zero-order valence-electron chi connectivity index (χ0n) is 11.4. The number of aryl methyl sites for hydroxylation is 1. The van der Waals surface area contributed by atoms with Crippen LogP contribution < -0.4 is 10.9 Å². The number of fused-ring (bicyclic) bond motifs is 1. The molecular formula is C14H11ClN4O2S. The lowest BCUT2D eigenvalue weighted by Crippen LogP contribution is -2.41. The van der Waals surface area contributed by atoms with Crippen LogP contribution in [0.5, 0.6) is 0 Å². The number of nitrogens with zero attached hydrogens (tertiary/aromatic N) is 1. The zero-order valence-corrected chi connectivity index (χ0v) is 13.0. The fourth-order valence-electron chi connectivity index (χ4n) is 1.93. The number of carbonyl (C=O) groups is 2. The molecule has 2 heterocycles. The molecule has 0 fully saturated rings. The lowest BCUT2D eigenvalue weighted by Gasteiger charge is -2.04. The van der Waals surface area contributed by atoms with Crippen molar-refractivity contribution in [2.45, 2.75) is 6.92 Å². The van der Waals surface area contributed by atoms with Gasteiger partial charge >= 0.3 is 0 Å². The molecule has 3 N–H and O–H groups in total. The SMILES string of the molecule is Cc1cc(C(=O)NNC(=O)c2sc3ccccc3c2Cl)n[nH]1. The van der Waals surface area contributed by atoms with Gasteiger partial charge < -0.3 is 0 Å². The molecule has 112 valence electrons. The Morgan fingerprint density at radius 2 is 1.95 bits per heavy atom. The summed E-state index contributed by atoms with van der Waals surface area (Å²) in [4.78, 5) is 24.3. The largest absolute Gasteiger partial charge is 0.290 e. The van der Waals surface area contributed by atoms with Crippen LogP contribution in [-0.4, -0.2) is 22.0 Å². The Kier molecular flexibility index (Phi) is 3.82. The highest BCUT2D eigenvalue weighted by Crippen LogP contribution is 2.34. The van der Waals surface area contributed by atoms with Crippen LogP contribution in [-0.2, 0) is 0 Å². The number of aromatic amines is 1. The normalized spacial score (nSPS) is 10.6. The van der Waals surface area contributed by atoms with E-state index in [1.54, 1.807) is 13.0 Å². The van der Waals surface area contributed by atoms with Crippen molar-refractivity contribution in [3.8, 4) is 0 Å². The van der Waals surface area contributed by atoms with Gasteiger partial charge in [0.1, 0.15) is 4.88 Å². The Bertz CT molecular complexity index is 871. The third kappa shape index (κ3) is 2.68. The van der Waals surface area contributed by atoms with E-state index in [9.17, 15) is 9.59 Å². The number of hydrogen-bond donors (Lipinski definition) is 3. The minimum Gasteiger partial charge on any atom is -0.282 e. The van der Waals surface area contributed by atoms with Gasteiger partial charge in [-0.05, 0) is 19.1 Å². The number of aromatic nitrogens is 2. The molecule has 0 bridgehead atoms. The van der Waals surface area contributed by atoms with Crippen LogP contribution in [0.1, 0.15) is 25.9 Å². The fourth-order valence-corrected chi connectivity index (χ4v) is 3.34. The molecular weight excluding hydrogens is 324 g/mol. The fraction of sp³-hybridized carbons (Fsp3) is 0.0714. The van der Waals surface area contributed by atoms with Gasteiger partial charge in [-0.15, -0.1) is 11.3 Å². The van der Waals surface area contributed by atoms with Crippen molar-refractivity contribution in [2.24, 2.45) is 0 Å². The van der Waals surface area contributed by atoms with Gasteiger partial charge in [-0.1, -0.05) is 29.8 Å². The van der Waals surface area contributed by atoms with Gasteiger partial charge in [-0.25, -0.2) is 0 Å². The predicted molar refractivity (Wildman–Crippen MR) is 85.1 cm³/mol. The average molecular weight is 335 g/mol. The minimum atomic E-state index is -0.505. The van der Waals surface area contributed by atoms with Crippen LogP contribution in [0.25, 0.3) is 10.1 Å². The second-order valence-electron chi connectivity index (χ2n) is 4.59. The molecule has 0 atom stereocenters. The molecule has 3 aromatic rings. The van der Waals surface area contributed by atoms with Crippen LogP contribution in [0.4, 0.5) is 0 Å². The first kappa shape index (κ1) is 14.6. The summed E-state index contributed by atoms with van der Waals surface area (Å²) < 4.78 is 0.909. The first-order valence-electron chi connectivity index (χ1n) is 6.36. The number of rotatable bonds is 2. The van der Waals surface area contributed by atoms with Crippen LogP contribution in [0.15, 0.2) is 30.3 Å². The summed E-state index contributed by atoms with van der Waals surface area (Å²) in [6.07, 6.45) is 0. The van der Waals surface area contributed by atoms with Gasteiger partial charge in [-0.2, -0.15) is 5.10 Å². The number of halogens is 1. The van der Waals surface area contributed by atoms with Crippen molar-refractivity contribution in [1.82, 2.24) is 21.0 Å². The van der Waals surface area contributed by atoms with Crippen molar-refractivity contribution in [2.75, 3.05) is 0 Å². The first-order valence-corrected chi connectivity index (χ1v) is 7.55. The molecule has 22 heavy (non-hydrogen) atoms. The van der Waals surface area contributed by atoms with E-state index in [2.05, 4.69) is 21.0 Å². The highest BCUT2D eigenvalue weighted by Gasteiger charge is 2.18. The summed E-state index contributed by atoms with van der Waals surface area (Å²) in [6, 6.07) is 9.03. The monoisotopic (exact) mass is 334 g/mol. The molecule has 2 amide bonds. The molecule has 0 aliphatic heterocycles. The van der Waals surface area contributed by atoms with E-state index in [-0.39, 0.29) is 5.69 Å². The maximum absolute atomic E-state index is 12.1. The van der Waals surface area contributed by atoms with Crippen molar-refractivity contribution in [3.63, 3.8) is 0 Å². The van der Waals surface area contributed by atoms with Crippen LogP contribution in [0.3, 0.4) is 0 Å². The molecule has 2 aromatic heterocycles. The summed E-state index contributed by atoms with van der Waals surface area (Å²) in [5.41, 5.74) is 5.60. The molecule has 0 saturated carbocycles. The number of benzene rings is 1. The summed E-state index contributed by atoms with van der Waals surface area (Å²) in [6.45, 7) is 1.78. The second kappa shape index (κ2) is 5.78. The van der Waals surface area contributed by atoms with E-state index >= 15 is 0 Å². The topological polar surface area (TPSA) is 86.9 Å². The Hall–Kier alpha value is -2.38. The molecule has 0 aliphatic carbocycles. The summed E-state index contributed by atoms with van der Waals surface area (Å²) in [5.74, 6) is -0.971. The summed E-state index contributed by atoms with van der Waals surface area (Å²) in [7, 11) is 0. The number of hydrazine groups is 1. The number of thiophene rings is 1. The molecule has 0 saturated heterocycles. The number of amides is 2. The summed E-state index contributed by atoms with van der Waals surface area (Å²) in [5, 5.41) is 7.65. The maximum Gasteiger partial charge on any atom is 0.290 e. The van der Waals surface area contributed by atoms with Crippen LogP contribution in [0, 0.1) is 6.92 Å². The van der Waals surface area contributed by atoms with Crippen LogP contribution in [0.2, 0.25) is 5.02 Å². The number of nitrogens with one attached hydrogen (secondary N) is 3. The molecule has 8 heteroatoms. The third-order valence-corrected chi connectivity index (χ3v) is 4.64. The standard InChI is InChI=1S/C14H11ClN4O2S/c1-7-6-9(17-16-7)13(20)18-19-14(21)12-11(15)8-4-2-3-5-10(8)22-12/h2-6H,1H3,(H,16,17)(H,18,20)(H,19,21). The molecule has 0 radical (unpaired) electrons. The van der Waals surface area contributed by atoms with Crippen molar-refractivity contribution in [3.05, 3.63) is 51.6 Å². The highest BCUT2D eigenvalue weighted by molar-refractivity contribution is 7.21. The van der Waals surface area contributed by atoms with Gasteiger partial charge in [0.15, 0.2) is 5.69 Å². The molecule has 0 spiro atoms. The molecule has 6 nitrogen and oxygen atoms in total. The Morgan fingerprint density at radius 3 is 2.64 bits per heavy atom. The van der Waals surface area contributed by atoms with Crippen molar-refractivity contribution < 1.29 is 9.59 Å². The average Bonchev–Trinajstić information content (AvgIpc) is 3.09. The van der Waals surface area contributed by atoms with E-state index in [0.717, 1.165) is 15.8 Å². The Labute approximate surface area is 134 Å². The predicted octanol–water partition coefficient (Wildman–Crippen LogP) is 2.66.